The van der Waals surface area contributed by atoms with Gasteiger partial charge in [0.2, 0.25) is 10.0 Å². The first-order chi connectivity index (χ1) is 9.36. The van der Waals surface area contributed by atoms with Crippen LogP contribution in [-0.2, 0) is 16.6 Å². The summed E-state index contributed by atoms with van der Waals surface area (Å²) in [5.41, 5.74) is 5.60. The number of nitrogens with zero attached hydrogens (tertiary/aromatic N) is 2. The Kier molecular flexibility index (Phi) is 4.86. The van der Waals surface area contributed by atoms with Crippen LogP contribution < -0.4 is 5.73 Å². The molecule has 5 nitrogen and oxygen atoms in total. The number of likely N-dealkylation sites (tertiary alicyclic amines) is 1. The second-order valence-corrected chi connectivity index (χ2v) is 8.75. The first-order valence-corrected chi connectivity index (χ1v) is 9.08. The van der Waals surface area contributed by atoms with Crippen molar-refractivity contribution in [2.24, 2.45) is 5.73 Å². The number of thiophene rings is 1. The van der Waals surface area contributed by atoms with E-state index in [0.29, 0.717) is 24.0 Å². The fourth-order valence-corrected chi connectivity index (χ4v) is 5.34. The zero-order chi connectivity index (χ0) is 14.9. The summed E-state index contributed by atoms with van der Waals surface area (Å²) in [5, 5.41) is 0. The molecule has 2 N–H and O–H groups in total. The van der Waals surface area contributed by atoms with Crippen LogP contribution in [0.15, 0.2) is 11.0 Å². The second kappa shape index (κ2) is 6.11. The molecule has 0 aliphatic carbocycles. The molecule has 0 bridgehead atoms. The van der Waals surface area contributed by atoms with Crippen molar-refractivity contribution in [3.05, 3.63) is 15.8 Å². The monoisotopic (exact) mass is 317 g/mol. The Labute approximate surface area is 125 Å². The van der Waals surface area contributed by atoms with Gasteiger partial charge in [-0.25, -0.2) is 8.42 Å². The molecule has 1 aromatic heterocycles. The Morgan fingerprint density at radius 2 is 2.25 bits per heavy atom. The summed E-state index contributed by atoms with van der Waals surface area (Å²) in [4.78, 5) is 4.37. The minimum Gasteiger partial charge on any atom is -0.326 e. The molecular formula is C13H23N3O2S2. The first-order valence-electron chi connectivity index (χ1n) is 6.82. The van der Waals surface area contributed by atoms with Crippen molar-refractivity contribution in [2.75, 3.05) is 27.2 Å². The van der Waals surface area contributed by atoms with E-state index < -0.39 is 10.0 Å². The molecule has 1 unspecified atom stereocenters. The number of likely N-dealkylation sites (N-methyl/N-ethyl adjacent to an activating group) is 2. The summed E-state index contributed by atoms with van der Waals surface area (Å²) in [6, 6.07) is 2.03. The van der Waals surface area contributed by atoms with Crippen molar-refractivity contribution in [3.63, 3.8) is 0 Å². The van der Waals surface area contributed by atoms with Crippen LogP contribution in [0, 0.1) is 6.92 Å². The molecule has 114 valence electrons. The van der Waals surface area contributed by atoms with E-state index >= 15 is 0 Å². The van der Waals surface area contributed by atoms with Crippen LogP contribution in [0.5, 0.6) is 0 Å². The zero-order valence-corrected chi connectivity index (χ0v) is 13.9. The van der Waals surface area contributed by atoms with E-state index in [1.54, 1.807) is 13.1 Å². The summed E-state index contributed by atoms with van der Waals surface area (Å²) in [7, 11) is 0.315. The smallest absolute Gasteiger partial charge is 0.243 e. The normalized spacial score (nSPS) is 20.9. The Morgan fingerprint density at radius 3 is 2.75 bits per heavy atom. The average Bonchev–Trinajstić information content (AvgIpc) is 2.96. The maximum absolute atomic E-state index is 12.6. The van der Waals surface area contributed by atoms with Crippen molar-refractivity contribution >= 4 is 21.4 Å². The summed E-state index contributed by atoms with van der Waals surface area (Å²) in [6.07, 6.45) is 2.21. The fourth-order valence-electron chi connectivity index (χ4n) is 2.65. The third kappa shape index (κ3) is 3.07. The molecule has 2 rings (SSSR count). The predicted molar refractivity (Wildman–Crippen MR) is 82.4 cm³/mol. The minimum absolute atomic E-state index is 0.322. The average molecular weight is 317 g/mol. The Balaban J connectivity index is 2.18. The molecule has 1 fully saturated rings. The molecule has 0 aromatic carbocycles. The summed E-state index contributed by atoms with van der Waals surface area (Å²) in [6.45, 7) is 3.82. The van der Waals surface area contributed by atoms with Gasteiger partial charge in [0.15, 0.2) is 0 Å². The summed E-state index contributed by atoms with van der Waals surface area (Å²) in [5.74, 6) is 0. The molecular weight excluding hydrogens is 294 g/mol. The number of nitrogens with two attached hydrogens (primary N) is 1. The number of hydrogen-bond acceptors (Lipinski definition) is 5. The highest BCUT2D eigenvalue weighted by atomic mass is 32.2. The van der Waals surface area contributed by atoms with Gasteiger partial charge in [0.25, 0.3) is 0 Å². The van der Waals surface area contributed by atoms with Gasteiger partial charge < -0.3 is 10.6 Å². The fraction of sp³-hybridized carbons (Fsp3) is 0.692. The van der Waals surface area contributed by atoms with Gasteiger partial charge in [0.05, 0.1) is 4.90 Å². The molecule has 1 atom stereocenters. The van der Waals surface area contributed by atoms with Crippen LogP contribution in [0.2, 0.25) is 0 Å². The van der Waals surface area contributed by atoms with Crippen molar-refractivity contribution < 1.29 is 8.42 Å². The highest BCUT2D eigenvalue weighted by molar-refractivity contribution is 7.89. The van der Waals surface area contributed by atoms with E-state index in [0.717, 1.165) is 29.1 Å². The van der Waals surface area contributed by atoms with Gasteiger partial charge in [-0.15, -0.1) is 11.3 Å². The third-order valence-corrected chi connectivity index (χ3v) is 7.10. The van der Waals surface area contributed by atoms with Crippen LogP contribution in [0.25, 0.3) is 0 Å². The van der Waals surface area contributed by atoms with E-state index in [-0.39, 0.29) is 0 Å². The zero-order valence-electron chi connectivity index (χ0n) is 12.3. The standard InChI is InChI=1S/C13H23N3O2S2/c1-10-13(7-12(8-14)19-10)20(17,18)16(3)9-11-5-4-6-15(11)2/h7,11H,4-6,8-9,14H2,1-3H3. The van der Waals surface area contributed by atoms with Crippen molar-refractivity contribution in [1.29, 1.82) is 0 Å². The maximum Gasteiger partial charge on any atom is 0.243 e. The third-order valence-electron chi connectivity index (χ3n) is 3.95. The molecule has 7 heteroatoms. The number of aryl methyl sites for hydroxylation is 1. The van der Waals surface area contributed by atoms with Gasteiger partial charge in [0, 0.05) is 35.9 Å². The van der Waals surface area contributed by atoms with Gasteiger partial charge >= 0.3 is 0 Å². The molecule has 0 spiro atoms. The molecule has 1 aromatic rings. The Hall–Kier alpha value is -0.470. The molecule has 1 aliphatic heterocycles. The van der Waals surface area contributed by atoms with Gasteiger partial charge in [-0.1, -0.05) is 0 Å². The van der Waals surface area contributed by atoms with E-state index in [1.807, 2.05) is 6.92 Å². The number of hydrogen-bond donors (Lipinski definition) is 1. The van der Waals surface area contributed by atoms with E-state index in [9.17, 15) is 8.42 Å². The highest BCUT2D eigenvalue weighted by Crippen LogP contribution is 2.28. The molecule has 1 saturated heterocycles. The molecule has 0 saturated carbocycles. The van der Waals surface area contributed by atoms with Gasteiger partial charge in [-0.3, -0.25) is 0 Å². The quantitative estimate of drug-likeness (QED) is 0.887. The summed E-state index contributed by atoms with van der Waals surface area (Å²) < 4.78 is 26.8. The second-order valence-electron chi connectivity index (χ2n) is 5.40. The van der Waals surface area contributed by atoms with Gasteiger partial charge in [-0.2, -0.15) is 4.31 Å². The molecule has 2 heterocycles. The SMILES string of the molecule is Cc1sc(CN)cc1S(=O)(=O)N(C)CC1CCCN1C. The lowest BCUT2D eigenvalue weighted by molar-refractivity contribution is 0.271. The Morgan fingerprint density at radius 1 is 1.55 bits per heavy atom. The number of rotatable bonds is 5. The lowest BCUT2D eigenvalue weighted by Crippen LogP contribution is -2.39. The topological polar surface area (TPSA) is 66.6 Å². The van der Waals surface area contributed by atoms with Gasteiger partial charge in [0.1, 0.15) is 0 Å². The molecule has 0 radical (unpaired) electrons. The number of sulfonamides is 1. The van der Waals surface area contributed by atoms with Crippen LogP contribution >= 0.6 is 11.3 Å². The first kappa shape index (κ1) is 15.9. The van der Waals surface area contributed by atoms with Crippen LogP contribution in [0.1, 0.15) is 22.6 Å². The summed E-state index contributed by atoms with van der Waals surface area (Å²) >= 11 is 1.46. The van der Waals surface area contributed by atoms with Crippen LogP contribution in [-0.4, -0.2) is 50.8 Å². The molecule has 1 aliphatic rings. The molecule has 0 amide bonds. The molecule has 20 heavy (non-hydrogen) atoms. The minimum atomic E-state index is -3.41. The van der Waals surface area contributed by atoms with E-state index in [2.05, 4.69) is 11.9 Å². The lowest BCUT2D eigenvalue weighted by Gasteiger charge is -2.25. The van der Waals surface area contributed by atoms with Crippen LogP contribution in [0.3, 0.4) is 0 Å². The largest absolute Gasteiger partial charge is 0.326 e. The van der Waals surface area contributed by atoms with Crippen molar-refractivity contribution in [1.82, 2.24) is 9.21 Å². The lowest BCUT2D eigenvalue weighted by atomic mass is 10.2. The van der Waals surface area contributed by atoms with E-state index in [4.69, 9.17) is 5.73 Å². The maximum atomic E-state index is 12.6. The van der Waals surface area contributed by atoms with E-state index in [1.165, 1.54) is 15.6 Å². The van der Waals surface area contributed by atoms with Gasteiger partial charge in [-0.05, 0) is 39.4 Å². The van der Waals surface area contributed by atoms with Crippen LogP contribution in [0.4, 0.5) is 0 Å². The predicted octanol–water partition coefficient (Wildman–Crippen LogP) is 1.23. The van der Waals surface area contributed by atoms with Crippen molar-refractivity contribution in [2.45, 2.75) is 37.2 Å². The highest BCUT2D eigenvalue weighted by Gasteiger charge is 2.29. The van der Waals surface area contributed by atoms with Crippen molar-refractivity contribution in [3.8, 4) is 0 Å². The Bertz CT molecular complexity index is 568.